The van der Waals surface area contributed by atoms with Gasteiger partial charge in [0, 0.05) is 13.1 Å². The van der Waals surface area contributed by atoms with Gasteiger partial charge >= 0.3 is 0 Å². The van der Waals surface area contributed by atoms with Crippen LogP contribution in [0.15, 0.2) is 59.3 Å². The Hall–Kier alpha value is -3.49. The molecule has 1 unspecified atom stereocenters. The smallest absolute Gasteiger partial charge is 0.257 e. The van der Waals surface area contributed by atoms with E-state index in [0.29, 0.717) is 36.9 Å². The second-order valence-electron chi connectivity index (χ2n) is 7.37. The highest BCUT2D eigenvalue weighted by molar-refractivity contribution is 5.99. The zero-order valence-corrected chi connectivity index (χ0v) is 16.1. The van der Waals surface area contributed by atoms with Crippen LogP contribution in [0.1, 0.15) is 5.69 Å². The van der Waals surface area contributed by atoms with Crippen LogP contribution in [-0.2, 0) is 16.1 Å². The van der Waals surface area contributed by atoms with Gasteiger partial charge in [0.2, 0.25) is 5.89 Å². The molecule has 8 heteroatoms. The minimum Gasteiger partial charge on any atom is -0.435 e. The highest BCUT2D eigenvalue weighted by Gasteiger charge is 2.34. The first-order valence-corrected chi connectivity index (χ1v) is 9.95. The summed E-state index contributed by atoms with van der Waals surface area (Å²) in [7, 11) is 0. The summed E-state index contributed by atoms with van der Waals surface area (Å²) in [5.41, 5.74) is 4.72. The number of hydrogen-bond donors (Lipinski definition) is 1. The lowest BCUT2D eigenvalue weighted by molar-refractivity contribution is -0.131. The number of carbonyl (C=O) groups is 1. The van der Waals surface area contributed by atoms with Gasteiger partial charge in [-0.25, -0.2) is 9.97 Å². The van der Waals surface area contributed by atoms with Gasteiger partial charge in [-0.2, -0.15) is 0 Å². The summed E-state index contributed by atoms with van der Waals surface area (Å²) in [6.07, 6.45) is 1.26. The molecular weight excluding hydrogens is 382 g/mol. The molecule has 1 N–H and O–H groups in total. The number of hydrogen-bond acceptors (Lipinski definition) is 6. The minimum absolute atomic E-state index is 0.0642. The van der Waals surface area contributed by atoms with E-state index in [4.69, 9.17) is 9.15 Å². The van der Waals surface area contributed by atoms with E-state index in [-0.39, 0.29) is 5.91 Å². The van der Waals surface area contributed by atoms with Gasteiger partial charge in [-0.05, 0) is 24.3 Å². The van der Waals surface area contributed by atoms with Crippen molar-refractivity contribution in [1.82, 2.24) is 19.9 Å². The maximum absolute atomic E-state index is 13.3. The molecule has 1 saturated heterocycles. The van der Waals surface area contributed by atoms with Gasteiger partial charge in [0.05, 0.1) is 30.2 Å². The van der Waals surface area contributed by atoms with Crippen molar-refractivity contribution in [3.05, 3.63) is 60.6 Å². The lowest BCUT2D eigenvalue weighted by Crippen LogP contribution is -2.50. The number of carbonyl (C=O) groups excluding carboxylic acids is 1. The monoisotopic (exact) mass is 401 g/mol. The first-order valence-electron chi connectivity index (χ1n) is 9.95. The van der Waals surface area contributed by atoms with Crippen molar-refractivity contribution in [2.75, 3.05) is 24.6 Å². The quantitative estimate of drug-likeness (QED) is 0.556. The third kappa shape index (κ3) is 2.65. The molecule has 1 fully saturated rings. The Morgan fingerprint density at radius 2 is 1.93 bits per heavy atom. The van der Waals surface area contributed by atoms with Crippen molar-refractivity contribution in [2.45, 2.75) is 12.6 Å². The summed E-state index contributed by atoms with van der Waals surface area (Å²) >= 11 is 0. The number of benzene rings is 2. The molecule has 30 heavy (non-hydrogen) atoms. The Labute approximate surface area is 172 Å². The maximum atomic E-state index is 13.3. The summed E-state index contributed by atoms with van der Waals surface area (Å²) in [4.78, 5) is 24.3. The molecule has 6 rings (SSSR count). The van der Waals surface area contributed by atoms with Crippen LogP contribution in [0.5, 0.6) is 0 Å². The Balaban J connectivity index is 1.45. The molecule has 0 bridgehead atoms. The number of imidazole rings is 1. The Morgan fingerprint density at radius 1 is 1.10 bits per heavy atom. The molecule has 1 atom stereocenters. The lowest BCUT2D eigenvalue weighted by Gasteiger charge is -2.34. The van der Waals surface area contributed by atoms with Crippen LogP contribution >= 0.6 is 0 Å². The lowest BCUT2D eigenvalue weighted by atomic mass is 10.1. The third-order valence-corrected chi connectivity index (χ3v) is 5.57. The molecule has 2 aromatic carbocycles. The predicted octanol–water partition coefficient (Wildman–Crippen LogP) is 2.52. The molecule has 0 saturated carbocycles. The predicted molar refractivity (Wildman–Crippen MR) is 110 cm³/mol. The van der Waals surface area contributed by atoms with Gasteiger partial charge in [-0.1, -0.05) is 24.3 Å². The summed E-state index contributed by atoms with van der Waals surface area (Å²) in [6, 6.07) is 15.4. The van der Waals surface area contributed by atoms with E-state index in [0.717, 1.165) is 29.1 Å². The van der Waals surface area contributed by atoms with Crippen molar-refractivity contribution >= 4 is 22.7 Å². The van der Waals surface area contributed by atoms with Crippen molar-refractivity contribution in [2.24, 2.45) is 0 Å². The number of oxazole rings is 1. The van der Waals surface area contributed by atoms with Gasteiger partial charge in [-0.3, -0.25) is 9.36 Å². The van der Waals surface area contributed by atoms with Crippen molar-refractivity contribution in [3.63, 3.8) is 0 Å². The molecule has 8 nitrogen and oxygen atoms in total. The summed E-state index contributed by atoms with van der Waals surface area (Å²) < 4.78 is 13.7. The Kier molecular flexibility index (Phi) is 3.93. The summed E-state index contributed by atoms with van der Waals surface area (Å²) in [5.74, 6) is 0.387. The van der Waals surface area contributed by atoms with Crippen LogP contribution in [0, 0.1) is 0 Å². The number of fused-ring (bicyclic) bond motifs is 4. The Morgan fingerprint density at radius 3 is 2.77 bits per heavy atom. The van der Waals surface area contributed by atoms with Gasteiger partial charge < -0.3 is 19.4 Å². The first kappa shape index (κ1) is 17.4. The van der Waals surface area contributed by atoms with E-state index in [1.165, 1.54) is 0 Å². The highest BCUT2D eigenvalue weighted by atomic mass is 16.5. The van der Waals surface area contributed by atoms with Crippen LogP contribution in [-0.4, -0.2) is 46.2 Å². The van der Waals surface area contributed by atoms with Crippen LogP contribution in [0.2, 0.25) is 0 Å². The van der Waals surface area contributed by atoms with Crippen molar-refractivity contribution in [3.8, 4) is 17.3 Å². The molecule has 1 amide bonds. The maximum Gasteiger partial charge on any atom is 0.257 e. The fraction of sp³-hybridized carbons (Fsp3) is 0.227. The number of ether oxygens (including phenoxy) is 1. The van der Waals surface area contributed by atoms with E-state index in [1.807, 2.05) is 53.1 Å². The van der Waals surface area contributed by atoms with E-state index in [9.17, 15) is 4.79 Å². The standard InChI is InChI=1S/C22H19N5O3/c28-22(19-11-23-9-10-29-19)26-12-17-20(21-25-14-5-1-4-8-18(14)30-21)24-13-27(17)16-7-3-2-6-15(16)26/h1-8,13,19,23H,9-12H2. The fourth-order valence-electron chi connectivity index (χ4n) is 4.11. The molecule has 4 aromatic rings. The molecule has 0 radical (unpaired) electrons. The second kappa shape index (κ2) is 6.79. The largest absolute Gasteiger partial charge is 0.435 e. The summed E-state index contributed by atoms with van der Waals surface area (Å²) in [5, 5.41) is 3.23. The van der Waals surface area contributed by atoms with Gasteiger partial charge in [0.1, 0.15) is 23.6 Å². The molecule has 2 aromatic heterocycles. The number of rotatable bonds is 2. The normalized spacial score (nSPS) is 18.3. The van der Waals surface area contributed by atoms with E-state index < -0.39 is 6.10 Å². The number of amides is 1. The first-order chi connectivity index (χ1) is 14.8. The number of nitrogens with zero attached hydrogens (tertiary/aromatic N) is 4. The molecule has 150 valence electrons. The molecule has 2 aliphatic heterocycles. The van der Waals surface area contributed by atoms with Crippen LogP contribution < -0.4 is 10.2 Å². The fourth-order valence-corrected chi connectivity index (χ4v) is 4.11. The van der Waals surface area contributed by atoms with Gasteiger partial charge in [0.25, 0.3) is 5.91 Å². The van der Waals surface area contributed by atoms with Crippen molar-refractivity contribution < 1.29 is 13.9 Å². The van der Waals surface area contributed by atoms with Gasteiger partial charge in [0.15, 0.2) is 5.58 Å². The van der Waals surface area contributed by atoms with Crippen LogP contribution in [0.4, 0.5) is 5.69 Å². The number of nitrogens with one attached hydrogen (secondary N) is 1. The molecule has 0 spiro atoms. The van der Waals surface area contributed by atoms with Crippen molar-refractivity contribution in [1.29, 1.82) is 0 Å². The zero-order valence-electron chi connectivity index (χ0n) is 16.1. The van der Waals surface area contributed by atoms with Gasteiger partial charge in [-0.15, -0.1) is 0 Å². The Bertz CT molecular complexity index is 1220. The van der Waals surface area contributed by atoms with E-state index >= 15 is 0 Å². The summed E-state index contributed by atoms with van der Waals surface area (Å²) in [6.45, 7) is 2.16. The number of morpholine rings is 1. The SMILES string of the molecule is O=C(C1CNCCO1)N1Cc2c(-c3nc4ccccc4o3)ncn2-c2ccccc21. The molecular formula is C22H19N5O3. The number of aromatic nitrogens is 3. The topological polar surface area (TPSA) is 85.4 Å². The number of anilines is 1. The highest BCUT2D eigenvalue weighted by Crippen LogP contribution is 2.37. The molecule has 2 aliphatic rings. The van der Waals surface area contributed by atoms with E-state index in [2.05, 4.69) is 15.3 Å². The molecule has 0 aliphatic carbocycles. The van der Waals surface area contributed by atoms with E-state index in [1.54, 1.807) is 11.2 Å². The number of para-hydroxylation sites is 4. The minimum atomic E-state index is -0.506. The third-order valence-electron chi connectivity index (χ3n) is 5.57. The average Bonchev–Trinajstić information content (AvgIpc) is 3.42. The zero-order chi connectivity index (χ0) is 20.1. The second-order valence-corrected chi connectivity index (χ2v) is 7.37. The van der Waals surface area contributed by atoms with Crippen LogP contribution in [0.3, 0.4) is 0 Å². The molecule has 4 heterocycles. The van der Waals surface area contributed by atoms with Crippen LogP contribution in [0.25, 0.3) is 28.4 Å². The average molecular weight is 401 g/mol.